The quantitative estimate of drug-likeness (QED) is 0.448. The first-order valence-corrected chi connectivity index (χ1v) is 13.3. The molecule has 5 nitrogen and oxygen atoms in total. The summed E-state index contributed by atoms with van der Waals surface area (Å²) in [6, 6.07) is 24.0. The molecule has 0 radical (unpaired) electrons. The molecule has 1 N–H and O–H groups in total. The van der Waals surface area contributed by atoms with E-state index in [1.807, 2.05) is 41.3 Å². The van der Waals surface area contributed by atoms with Crippen molar-refractivity contribution in [1.29, 1.82) is 0 Å². The van der Waals surface area contributed by atoms with Gasteiger partial charge in [-0.15, -0.1) is 0 Å². The third-order valence-corrected chi connectivity index (χ3v) is 7.57. The first-order valence-electron chi connectivity index (χ1n) is 13.3. The molecule has 5 heteroatoms. The highest BCUT2D eigenvalue weighted by Crippen LogP contribution is 2.35. The highest BCUT2D eigenvalue weighted by Gasteiger charge is 2.22. The molecule has 1 amide bonds. The van der Waals surface area contributed by atoms with E-state index in [2.05, 4.69) is 41.3 Å². The normalized spacial score (nSPS) is 17.2. The lowest BCUT2D eigenvalue weighted by atomic mass is 9.83. The summed E-state index contributed by atoms with van der Waals surface area (Å²) in [5, 5.41) is 9.95. The molecular weight excluding hydrogens is 448 g/mol. The summed E-state index contributed by atoms with van der Waals surface area (Å²) in [5.41, 5.74) is 4.09. The predicted molar refractivity (Wildman–Crippen MR) is 142 cm³/mol. The molecule has 5 rings (SSSR count). The van der Waals surface area contributed by atoms with Gasteiger partial charge < -0.3 is 14.7 Å². The summed E-state index contributed by atoms with van der Waals surface area (Å²) in [6.07, 6.45) is 6.34. The molecule has 1 aliphatic heterocycles. The maximum atomic E-state index is 13.1. The van der Waals surface area contributed by atoms with Gasteiger partial charge in [-0.1, -0.05) is 55.7 Å². The number of nitrogens with zero attached hydrogens (tertiary/aromatic N) is 2. The zero-order chi connectivity index (χ0) is 24.7. The number of ether oxygens (including phenoxy) is 1. The van der Waals surface area contributed by atoms with E-state index in [9.17, 15) is 9.90 Å². The van der Waals surface area contributed by atoms with Crippen molar-refractivity contribution in [1.82, 2.24) is 9.80 Å². The molecule has 0 atom stereocenters. The molecule has 0 aromatic heterocycles. The van der Waals surface area contributed by atoms with Gasteiger partial charge >= 0.3 is 0 Å². The van der Waals surface area contributed by atoms with Crippen molar-refractivity contribution in [3.05, 3.63) is 95.1 Å². The SMILES string of the molecule is O=C(c1ccc(Oc2ccc(C3CCCCC3)cc2CO)cc1)N1CCN(Cc2ccccc2)CC1. The van der Waals surface area contributed by atoms with E-state index in [4.69, 9.17) is 4.74 Å². The molecule has 0 bridgehead atoms. The van der Waals surface area contributed by atoms with E-state index in [1.54, 1.807) is 0 Å². The zero-order valence-corrected chi connectivity index (χ0v) is 20.9. The fraction of sp³-hybridized carbons (Fsp3) is 0.387. The smallest absolute Gasteiger partial charge is 0.253 e. The number of amides is 1. The van der Waals surface area contributed by atoms with Crippen molar-refractivity contribution < 1.29 is 14.6 Å². The Morgan fingerprint density at radius 1 is 0.861 bits per heavy atom. The van der Waals surface area contributed by atoms with Crippen LogP contribution in [0.1, 0.15) is 65.1 Å². The Balaban J connectivity index is 1.17. The predicted octanol–water partition coefficient (Wildman–Crippen LogP) is 5.98. The highest BCUT2D eigenvalue weighted by atomic mass is 16.5. The minimum absolute atomic E-state index is 0.0529. The standard InChI is InChI=1S/C31H36N2O3/c34-23-28-21-27(25-9-5-2-6-10-25)13-16-30(28)36-29-14-11-26(12-15-29)31(35)33-19-17-32(18-20-33)22-24-7-3-1-4-8-24/h1,3-4,7-8,11-16,21,25,34H,2,5-6,9-10,17-20,22-23H2. The number of rotatable bonds is 7. The van der Waals surface area contributed by atoms with Crippen LogP contribution < -0.4 is 4.74 Å². The lowest BCUT2D eigenvalue weighted by molar-refractivity contribution is 0.0628. The van der Waals surface area contributed by atoms with Crippen LogP contribution in [0.5, 0.6) is 11.5 Å². The Labute approximate surface area is 214 Å². The molecule has 1 heterocycles. The van der Waals surface area contributed by atoms with Crippen LogP contribution >= 0.6 is 0 Å². The van der Waals surface area contributed by atoms with Crippen LogP contribution in [0.25, 0.3) is 0 Å². The number of carbonyl (C=O) groups is 1. The molecule has 1 aliphatic carbocycles. The number of aliphatic hydroxyl groups is 1. The first kappa shape index (κ1) is 24.5. The molecule has 1 saturated carbocycles. The van der Waals surface area contributed by atoms with E-state index < -0.39 is 0 Å². The second-order valence-electron chi connectivity index (χ2n) is 10.0. The van der Waals surface area contributed by atoms with Crippen LogP contribution in [0, 0.1) is 0 Å². The highest BCUT2D eigenvalue weighted by molar-refractivity contribution is 5.94. The number of hydrogen-bond donors (Lipinski definition) is 1. The molecule has 1 saturated heterocycles. The topological polar surface area (TPSA) is 53.0 Å². The Hall–Kier alpha value is -3.15. The van der Waals surface area contributed by atoms with Crippen molar-refractivity contribution in [3.63, 3.8) is 0 Å². The molecule has 0 spiro atoms. The van der Waals surface area contributed by atoms with Crippen LogP contribution in [-0.2, 0) is 13.2 Å². The maximum Gasteiger partial charge on any atom is 0.253 e. The van der Waals surface area contributed by atoms with Gasteiger partial charge in [0.05, 0.1) is 6.61 Å². The number of piperazine rings is 1. The molecule has 0 unspecified atom stereocenters. The van der Waals surface area contributed by atoms with E-state index in [-0.39, 0.29) is 12.5 Å². The lowest BCUT2D eigenvalue weighted by Gasteiger charge is -2.34. The summed E-state index contributed by atoms with van der Waals surface area (Å²) < 4.78 is 6.10. The van der Waals surface area contributed by atoms with Crippen LogP contribution in [0.15, 0.2) is 72.8 Å². The van der Waals surface area contributed by atoms with Gasteiger partial charge in [0.15, 0.2) is 0 Å². The van der Waals surface area contributed by atoms with Gasteiger partial charge in [0.1, 0.15) is 11.5 Å². The van der Waals surface area contributed by atoms with Gasteiger partial charge in [0.2, 0.25) is 0 Å². The second-order valence-corrected chi connectivity index (χ2v) is 10.0. The van der Waals surface area contributed by atoms with Crippen molar-refractivity contribution in [3.8, 4) is 11.5 Å². The number of carbonyl (C=O) groups excluding carboxylic acids is 1. The minimum atomic E-state index is -0.0529. The molecule has 188 valence electrons. The molecule has 3 aromatic rings. The Morgan fingerprint density at radius 2 is 1.58 bits per heavy atom. The monoisotopic (exact) mass is 484 g/mol. The van der Waals surface area contributed by atoms with Gasteiger partial charge in [-0.2, -0.15) is 0 Å². The summed E-state index contributed by atoms with van der Waals surface area (Å²) >= 11 is 0. The lowest BCUT2D eigenvalue weighted by Crippen LogP contribution is -2.48. The third-order valence-electron chi connectivity index (χ3n) is 7.57. The summed E-state index contributed by atoms with van der Waals surface area (Å²) in [4.78, 5) is 17.4. The van der Waals surface area contributed by atoms with Crippen molar-refractivity contribution in [2.24, 2.45) is 0 Å². The van der Waals surface area contributed by atoms with Crippen LogP contribution in [0.2, 0.25) is 0 Å². The number of aliphatic hydroxyl groups excluding tert-OH is 1. The average Bonchev–Trinajstić information content (AvgIpc) is 2.95. The fourth-order valence-electron chi connectivity index (χ4n) is 5.44. The second kappa shape index (κ2) is 11.7. The molecule has 3 aromatic carbocycles. The Kier molecular flexibility index (Phi) is 7.99. The Bertz CT molecular complexity index is 1130. The number of benzene rings is 3. The van der Waals surface area contributed by atoms with Crippen molar-refractivity contribution in [2.75, 3.05) is 26.2 Å². The van der Waals surface area contributed by atoms with E-state index in [0.29, 0.717) is 23.0 Å². The van der Waals surface area contributed by atoms with Crippen molar-refractivity contribution >= 4 is 5.91 Å². The minimum Gasteiger partial charge on any atom is -0.457 e. The average molecular weight is 485 g/mol. The molecule has 2 aliphatic rings. The van der Waals surface area contributed by atoms with Gasteiger partial charge in [0.25, 0.3) is 5.91 Å². The number of hydrogen-bond acceptors (Lipinski definition) is 4. The molecule has 2 fully saturated rings. The van der Waals surface area contributed by atoms with Crippen molar-refractivity contribution in [2.45, 2.75) is 51.2 Å². The van der Waals surface area contributed by atoms with E-state index >= 15 is 0 Å². The van der Waals surface area contributed by atoms with Crippen LogP contribution in [-0.4, -0.2) is 47.0 Å². The first-order chi connectivity index (χ1) is 17.7. The van der Waals surface area contributed by atoms with Gasteiger partial charge in [-0.3, -0.25) is 9.69 Å². The van der Waals surface area contributed by atoms with E-state index in [0.717, 1.165) is 38.3 Å². The summed E-state index contributed by atoms with van der Waals surface area (Å²) in [6.45, 7) is 4.09. The largest absolute Gasteiger partial charge is 0.457 e. The Morgan fingerprint density at radius 3 is 2.28 bits per heavy atom. The van der Waals surface area contributed by atoms with Gasteiger partial charge in [-0.05, 0) is 66.3 Å². The third kappa shape index (κ3) is 5.97. The summed E-state index contributed by atoms with van der Waals surface area (Å²) in [7, 11) is 0. The zero-order valence-electron chi connectivity index (χ0n) is 20.9. The van der Waals surface area contributed by atoms with Gasteiger partial charge in [0, 0.05) is 43.9 Å². The van der Waals surface area contributed by atoms with Crippen LogP contribution in [0.3, 0.4) is 0 Å². The maximum absolute atomic E-state index is 13.1. The fourth-order valence-corrected chi connectivity index (χ4v) is 5.44. The van der Waals surface area contributed by atoms with E-state index in [1.165, 1.54) is 43.2 Å². The summed E-state index contributed by atoms with van der Waals surface area (Å²) in [5.74, 6) is 1.99. The molecular formula is C31H36N2O3. The van der Waals surface area contributed by atoms with Crippen LogP contribution in [0.4, 0.5) is 0 Å². The molecule has 36 heavy (non-hydrogen) atoms. The van der Waals surface area contributed by atoms with Gasteiger partial charge in [-0.25, -0.2) is 0 Å².